The largest absolute Gasteiger partial charge is 0.489 e. The number of aromatic nitrogens is 1. The first-order valence-corrected chi connectivity index (χ1v) is 8.86. The first-order valence-electron chi connectivity index (χ1n) is 8.48. The van der Waals surface area contributed by atoms with Crippen LogP contribution < -0.4 is 4.74 Å². The summed E-state index contributed by atoms with van der Waals surface area (Å²) >= 11 is 6.12. The molecule has 0 atom stereocenters. The van der Waals surface area contributed by atoms with Crippen molar-refractivity contribution < 1.29 is 9.53 Å². The molecule has 0 saturated heterocycles. The zero-order chi connectivity index (χ0) is 18.9. The van der Waals surface area contributed by atoms with Gasteiger partial charge in [0, 0.05) is 16.8 Å². The number of rotatable bonds is 7. The summed E-state index contributed by atoms with van der Waals surface area (Å²) in [5, 5.41) is 0.689. The molecule has 0 unspecified atom stereocenters. The van der Waals surface area contributed by atoms with E-state index in [1.165, 1.54) is 12.2 Å². The minimum atomic E-state index is -0.0975. The summed E-state index contributed by atoms with van der Waals surface area (Å²) < 4.78 is 5.75. The van der Waals surface area contributed by atoms with Crippen molar-refractivity contribution in [2.75, 3.05) is 0 Å². The van der Waals surface area contributed by atoms with Gasteiger partial charge in [-0.15, -0.1) is 0 Å². The van der Waals surface area contributed by atoms with Crippen LogP contribution in [0.4, 0.5) is 0 Å². The quantitative estimate of drug-likeness (QED) is 0.504. The highest BCUT2D eigenvalue weighted by molar-refractivity contribution is 6.31. The number of halogens is 1. The van der Waals surface area contributed by atoms with Crippen LogP contribution in [0.1, 0.15) is 16.8 Å². The van der Waals surface area contributed by atoms with Crippen LogP contribution in [0.15, 0.2) is 85.1 Å². The van der Waals surface area contributed by atoms with Crippen molar-refractivity contribution in [1.29, 1.82) is 0 Å². The maximum Gasteiger partial charge on any atom is 0.178 e. The molecule has 0 spiro atoms. The average Bonchev–Trinajstić information content (AvgIpc) is 2.72. The molecule has 0 fully saturated rings. The third-order valence-electron chi connectivity index (χ3n) is 3.78. The number of benzene rings is 2. The number of ether oxygens (including phenoxy) is 1. The second kappa shape index (κ2) is 9.51. The molecule has 0 radical (unpaired) electrons. The van der Waals surface area contributed by atoms with Gasteiger partial charge in [-0.2, -0.15) is 0 Å². The maximum atomic E-state index is 11.9. The molecule has 3 aromatic rings. The summed E-state index contributed by atoms with van der Waals surface area (Å²) in [5.41, 5.74) is 2.60. The Morgan fingerprint density at radius 1 is 0.926 bits per heavy atom. The number of allylic oxidation sites excluding steroid dienone is 2. The van der Waals surface area contributed by atoms with Crippen LogP contribution in [0, 0.1) is 0 Å². The molecule has 1 heterocycles. The van der Waals surface area contributed by atoms with Crippen LogP contribution in [-0.4, -0.2) is 10.8 Å². The molecule has 0 aliphatic rings. The molecule has 0 aliphatic heterocycles. The number of nitrogens with zero attached hydrogens (tertiary/aromatic N) is 1. The summed E-state index contributed by atoms with van der Waals surface area (Å²) in [6.45, 7) is 0.408. The highest BCUT2D eigenvalue weighted by Crippen LogP contribution is 2.19. The van der Waals surface area contributed by atoms with Gasteiger partial charge in [0.1, 0.15) is 12.4 Å². The van der Waals surface area contributed by atoms with E-state index in [1.54, 1.807) is 18.3 Å². The van der Waals surface area contributed by atoms with Crippen molar-refractivity contribution in [1.82, 2.24) is 4.98 Å². The molecule has 3 nitrogen and oxygen atoms in total. The smallest absolute Gasteiger partial charge is 0.178 e. The van der Waals surface area contributed by atoms with Crippen molar-refractivity contribution in [3.8, 4) is 5.75 Å². The third-order valence-corrected chi connectivity index (χ3v) is 4.15. The van der Waals surface area contributed by atoms with Crippen LogP contribution in [0.3, 0.4) is 0 Å². The van der Waals surface area contributed by atoms with Crippen molar-refractivity contribution in [3.63, 3.8) is 0 Å². The molecular formula is C23H18ClNO2. The SMILES string of the molecule is O=C(/C=C/c1ccc(OCc2ccccc2Cl)cc1)/C=C/c1ccccn1. The number of carbonyl (C=O) groups is 1. The van der Waals surface area contributed by atoms with Gasteiger partial charge in [-0.25, -0.2) is 0 Å². The lowest BCUT2D eigenvalue weighted by atomic mass is 10.2. The first-order chi connectivity index (χ1) is 13.2. The topological polar surface area (TPSA) is 39.2 Å². The normalized spacial score (nSPS) is 11.1. The Bertz CT molecular complexity index is 948. The summed E-state index contributed by atoms with van der Waals surface area (Å²) in [7, 11) is 0. The van der Waals surface area contributed by atoms with Crippen LogP contribution in [-0.2, 0) is 11.4 Å². The third kappa shape index (κ3) is 5.94. The van der Waals surface area contributed by atoms with Gasteiger partial charge in [-0.1, -0.05) is 54.1 Å². The molecular weight excluding hydrogens is 358 g/mol. The van der Waals surface area contributed by atoms with E-state index in [0.717, 1.165) is 22.6 Å². The number of hydrogen-bond donors (Lipinski definition) is 0. The highest BCUT2D eigenvalue weighted by Gasteiger charge is 2.00. The summed E-state index contributed by atoms with van der Waals surface area (Å²) in [6, 6.07) is 20.7. The van der Waals surface area contributed by atoms with E-state index in [4.69, 9.17) is 16.3 Å². The van der Waals surface area contributed by atoms with E-state index in [2.05, 4.69) is 4.98 Å². The van der Waals surface area contributed by atoms with Gasteiger partial charge in [-0.05, 0) is 54.1 Å². The Labute approximate surface area is 163 Å². The molecule has 0 N–H and O–H groups in total. The van der Waals surface area contributed by atoms with E-state index in [9.17, 15) is 4.79 Å². The second-order valence-electron chi connectivity index (χ2n) is 5.77. The van der Waals surface area contributed by atoms with Crippen molar-refractivity contribution in [2.24, 2.45) is 0 Å². The van der Waals surface area contributed by atoms with Gasteiger partial charge < -0.3 is 4.74 Å². The molecule has 0 aliphatic carbocycles. The van der Waals surface area contributed by atoms with Crippen molar-refractivity contribution in [2.45, 2.75) is 6.61 Å². The predicted octanol–water partition coefficient (Wildman–Crippen LogP) is 5.61. The number of hydrogen-bond acceptors (Lipinski definition) is 3. The van der Waals surface area contributed by atoms with E-state index in [0.29, 0.717) is 11.6 Å². The standard InChI is InChI=1S/C23H18ClNO2/c24-23-7-2-1-5-19(23)17-27-22-14-9-18(10-15-22)8-12-21(26)13-11-20-6-3-4-16-25-20/h1-16H,17H2/b12-8+,13-11+. The maximum absolute atomic E-state index is 11.9. The minimum absolute atomic E-state index is 0.0975. The Morgan fingerprint density at radius 3 is 2.41 bits per heavy atom. The Kier molecular flexibility index (Phi) is 6.55. The average molecular weight is 376 g/mol. The van der Waals surface area contributed by atoms with Gasteiger partial charge in [0.2, 0.25) is 0 Å². The van der Waals surface area contributed by atoms with E-state index >= 15 is 0 Å². The molecule has 3 rings (SSSR count). The summed E-state index contributed by atoms with van der Waals surface area (Å²) in [5.74, 6) is 0.646. The molecule has 134 valence electrons. The Hall–Kier alpha value is -3.17. The molecule has 2 aromatic carbocycles. The molecule has 0 saturated carbocycles. The highest BCUT2D eigenvalue weighted by atomic mass is 35.5. The van der Waals surface area contributed by atoms with Gasteiger partial charge >= 0.3 is 0 Å². The minimum Gasteiger partial charge on any atom is -0.489 e. The molecule has 4 heteroatoms. The van der Waals surface area contributed by atoms with Crippen LogP contribution in [0.5, 0.6) is 5.75 Å². The summed E-state index contributed by atoms with van der Waals surface area (Å²) in [6.07, 6.45) is 8.18. The van der Waals surface area contributed by atoms with Crippen LogP contribution >= 0.6 is 11.6 Å². The fourth-order valence-electron chi connectivity index (χ4n) is 2.33. The Balaban J connectivity index is 1.54. The van der Waals surface area contributed by atoms with Crippen molar-refractivity contribution >= 4 is 29.5 Å². The van der Waals surface area contributed by atoms with E-state index in [-0.39, 0.29) is 5.78 Å². The van der Waals surface area contributed by atoms with Crippen LogP contribution in [0.25, 0.3) is 12.2 Å². The van der Waals surface area contributed by atoms with E-state index in [1.807, 2.05) is 66.7 Å². The Morgan fingerprint density at radius 2 is 1.67 bits per heavy atom. The fourth-order valence-corrected chi connectivity index (χ4v) is 2.52. The molecule has 0 bridgehead atoms. The van der Waals surface area contributed by atoms with Crippen LogP contribution in [0.2, 0.25) is 5.02 Å². The number of pyridine rings is 1. The second-order valence-corrected chi connectivity index (χ2v) is 6.18. The fraction of sp³-hybridized carbons (Fsp3) is 0.0435. The van der Waals surface area contributed by atoms with E-state index < -0.39 is 0 Å². The number of ketones is 1. The molecule has 1 aromatic heterocycles. The summed E-state index contributed by atoms with van der Waals surface area (Å²) in [4.78, 5) is 16.0. The van der Waals surface area contributed by atoms with Gasteiger partial charge in [0.05, 0.1) is 5.69 Å². The lowest BCUT2D eigenvalue weighted by molar-refractivity contribution is -0.110. The molecule has 27 heavy (non-hydrogen) atoms. The molecule has 0 amide bonds. The number of carbonyl (C=O) groups excluding carboxylic acids is 1. The van der Waals surface area contributed by atoms with Gasteiger partial charge in [0.25, 0.3) is 0 Å². The van der Waals surface area contributed by atoms with Gasteiger partial charge in [-0.3, -0.25) is 9.78 Å². The zero-order valence-corrected chi connectivity index (χ0v) is 15.3. The van der Waals surface area contributed by atoms with Gasteiger partial charge in [0.15, 0.2) is 5.78 Å². The van der Waals surface area contributed by atoms with Crippen molar-refractivity contribution in [3.05, 3.63) is 107 Å². The monoisotopic (exact) mass is 375 g/mol. The zero-order valence-electron chi connectivity index (χ0n) is 14.6. The lowest BCUT2D eigenvalue weighted by Gasteiger charge is -2.07. The first kappa shape index (κ1) is 18.6. The predicted molar refractivity (Wildman–Crippen MR) is 110 cm³/mol. The lowest BCUT2D eigenvalue weighted by Crippen LogP contribution is -1.95.